The maximum absolute atomic E-state index is 12.9. The zero-order valence-corrected chi connectivity index (χ0v) is 13.1. The molecule has 1 aliphatic carbocycles. The largest absolute Gasteiger partial charge is 0.466 e. The van der Waals surface area contributed by atoms with Crippen molar-refractivity contribution < 1.29 is 14.3 Å². The van der Waals surface area contributed by atoms with E-state index in [-0.39, 0.29) is 5.78 Å². The molecule has 0 radical (unpaired) electrons. The van der Waals surface area contributed by atoms with Gasteiger partial charge in [0.05, 0.1) is 7.11 Å². The number of carbonyl (C=O) groups is 2. The van der Waals surface area contributed by atoms with Crippen LogP contribution in [-0.4, -0.2) is 18.9 Å². The van der Waals surface area contributed by atoms with Gasteiger partial charge in [0.15, 0.2) is 5.78 Å². The second-order valence-corrected chi connectivity index (χ2v) is 5.70. The second-order valence-electron chi connectivity index (χ2n) is 5.70. The molecule has 0 spiro atoms. The Hall–Kier alpha value is -3.20. The molecule has 4 rings (SSSR count). The molecule has 3 aromatic rings. The molecule has 0 bridgehead atoms. The van der Waals surface area contributed by atoms with Crippen LogP contribution < -0.4 is 0 Å². The summed E-state index contributed by atoms with van der Waals surface area (Å²) < 4.78 is 4.60. The van der Waals surface area contributed by atoms with Crippen molar-refractivity contribution in [2.45, 2.75) is 0 Å². The van der Waals surface area contributed by atoms with Crippen LogP contribution in [0.1, 0.15) is 21.5 Å². The van der Waals surface area contributed by atoms with Crippen molar-refractivity contribution in [1.29, 1.82) is 0 Å². The van der Waals surface area contributed by atoms with Gasteiger partial charge in [0.1, 0.15) is 0 Å². The first-order valence-electron chi connectivity index (χ1n) is 7.66. The van der Waals surface area contributed by atoms with Crippen molar-refractivity contribution in [2.75, 3.05) is 7.11 Å². The van der Waals surface area contributed by atoms with E-state index in [0.717, 1.165) is 33.0 Å². The Bertz CT molecular complexity index is 1020. The fraction of sp³-hybridized carbons (Fsp3) is 0.0476. The van der Waals surface area contributed by atoms with Gasteiger partial charge in [-0.15, -0.1) is 0 Å². The highest BCUT2D eigenvalue weighted by molar-refractivity contribution is 6.25. The highest BCUT2D eigenvalue weighted by Gasteiger charge is 2.24. The Balaban J connectivity index is 1.91. The van der Waals surface area contributed by atoms with E-state index in [1.165, 1.54) is 13.2 Å². The summed E-state index contributed by atoms with van der Waals surface area (Å²) in [6, 6.07) is 17.5. The second kappa shape index (κ2) is 5.46. The predicted molar refractivity (Wildman–Crippen MR) is 93.9 cm³/mol. The van der Waals surface area contributed by atoms with E-state index in [1.54, 1.807) is 6.08 Å². The molecule has 3 aromatic carbocycles. The van der Waals surface area contributed by atoms with E-state index in [1.807, 2.05) is 54.6 Å². The maximum Gasteiger partial charge on any atom is 0.330 e. The van der Waals surface area contributed by atoms with Crippen LogP contribution in [0.2, 0.25) is 0 Å². The molecule has 0 amide bonds. The number of carbonyl (C=O) groups excluding carboxylic acids is 2. The third-order valence-electron chi connectivity index (χ3n) is 4.34. The molecule has 0 N–H and O–H groups in total. The third-order valence-corrected chi connectivity index (χ3v) is 4.34. The molecule has 0 aromatic heterocycles. The van der Waals surface area contributed by atoms with Crippen molar-refractivity contribution in [3.8, 4) is 11.1 Å². The highest BCUT2D eigenvalue weighted by atomic mass is 16.5. The number of ketones is 1. The Morgan fingerprint density at radius 3 is 2.42 bits per heavy atom. The number of hydrogen-bond donors (Lipinski definition) is 0. The van der Waals surface area contributed by atoms with Crippen LogP contribution in [0.25, 0.3) is 28.0 Å². The number of hydrogen-bond acceptors (Lipinski definition) is 3. The van der Waals surface area contributed by atoms with Gasteiger partial charge >= 0.3 is 5.97 Å². The fourth-order valence-electron chi connectivity index (χ4n) is 3.22. The van der Waals surface area contributed by atoms with Gasteiger partial charge in [-0.1, -0.05) is 48.5 Å². The average molecular weight is 314 g/mol. The molecule has 0 saturated carbocycles. The fourth-order valence-corrected chi connectivity index (χ4v) is 3.22. The Labute approximate surface area is 139 Å². The summed E-state index contributed by atoms with van der Waals surface area (Å²) in [4.78, 5) is 24.2. The van der Waals surface area contributed by atoms with E-state index >= 15 is 0 Å². The minimum Gasteiger partial charge on any atom is -0.466 e. The van der Waals surface area contributed by atoms with Crippen molar-refractivity contribution >= 4 is 28.6 Å². The molecule has 3 nitrogen and oxygen atoms in total. The van der Waals surface area contributed by atoms with Crippen molar-refractivity contribution in [1.82, 2.24) is 0 Å². The monoisotopic (exact) mass is 314 g/mol. The molecular formula is C21H14O3. The minimum absolute atomic E-state index is 0.0163. The third kappa shape index (κ3) is 2.14. The zero-order chi connectivity index (χ0) is 16.7. The topological polar surface area (TPSA) is 43.4 Å². The molecule has 116 valence electrons. The van der Waals surface area contributed by atoms with Crippen molar-refractivity contribution in [3.05, 3.63) is 77.4 Å². The number of rotatable bonds is 2. The van der Waals surface area contributed by atoms with E-state index in [4.69, 9.17) is 0 Å². The Morgan fingerprint density at radius 1 is 0.917 bits per heavy atom. The van der Waals surface area contributed by atoms with E-state index in [9.17, 15) is 9.59 Å². The predicted octanol–water partition coefficient (Wildman–Crippen LogP) is 4.24. The number of methoxy groups -OCH3 is 1. The van der Waals surface area contributed by atoms with Crippen LogP contribution in [0.15, 0.2) is 60.7 Å². The molecule has 3 heteroatoms. The summed E-state index contributed by atoms with van der Waals surface area (Å²) in [5, 5.41) is 2.08. The van der Waals surface area contributed by atoms with E-state index in [2.05, 4.69) is 4.74 Å². The summed E-state index contributed by atoms with van der Waals surface area (Å²) in [5.74, 6) is -0.406. The zero-order valence-electron chi connectivity index (χ0n) is 13.1. The lowest BCUT2D eigenvalue weighted by atomic mass is 9.82. The normalized spacial score (nSPS) is 12.5. The lowest BCUT2D eigenvalue weighted by Gasteiger charge is -2.20. The van der Waals surface area contributed by atoms with Crippen LogP contribution in [-0.2, 0) is 9.53 Å². The summed E-state index contributed by atoms with van der Waals surface area (Å²) in [6.07, 6.45) is 3.00. The van der Waals surface area contributed by atoms with Gasteiger partial charge in [0, 0.05) is 22.6 Å². The molecule has 0 heterocycles. The molecule has 0 saturated heterocycles. The number of esters is 1. The van der Waals surface area contributed by atoms with Gasteiger partial charge in [0.25, 0.3) is 0 Å². The molecule has 24 heavy (non-hydrogen) atoms. The summed E-state index contributed by atoms with van der Waals surface area (Å²) in [7, 11) is 1.33. The minimum atomic E-state index is -0.422. The van der Waals surface area contributed by atoms with Crippen LogP contribution in [0.5, 0.6) is 0 Å². The average Bonchev–Trinajstić information content (AvgIpc) is 2.63. The molecule has 1 aliphatic rings. The maximum atomic E-state index is 12.9. The van der Waals surface area contributed by atoms with Gasteiger partial charge in [-0.05, 0) is 34.2 Å². The van der Waals surface area contributed by atoms with Crippen LogP contribution >= 0.6 is 0 Å². The van der Waals surface area contributed by atoms with Crippen LogP contribution in [0, 0.1) is 0 Å². The van der Waals surface area contributed by atoms with Gasteiger partial charge in [-0.2, -0.15) is 0 Å². The summed E-state index contributed by atoms with van der Waals surface area (Å²) >= 11 is 0. The molecule has 0 unspecified atom stereocenters. The van der Waals surface area contributed by atoms with Gasteiger partial charge in [0.2, 0.25) is 0 Å². The smallest absolute Gasteiger partial charge is 0.330 e. The Kier molecular flexibility index (Phi) is 3.28. The number of benzene rings is 3. The SMILES string of the molecule is COC(=O)/C=C/c1ccc2c(c1)C(=O)c1cccc3cccc-2c13. The van der Waals surface area contributed by atoms with Gasteiger partial charge < -0.3 is 4.74 Å². The molecule has 0 aliphatic heterocycles. The first-order valence-corrected chi connectivity index (χ1v) is 7.66. The number of ether oxygens (including phenoxy) is 1. The first-order chi connectivity index (χ1) is 11.7. The van der Waals surface area contributed by atoms with Crippen LogP contribution in [0.3, 0.4) is 0 Å². The Morgan fingerprint density at radius 2 is 1.67 bits per heavy atom. The first kappa shape index (κ1) is 14.4. The molecule has 0 atom stereocenters. The molecule has 0 fully saturated rings. The number of fused-ring (bicyclic) bond motifs is 2. The van der Waals surface area contributed by atoms with Gasteiger partial charge in [-0.3, -0.25) is 4.79 Å². The van der Waals surface area contributed by atoms with Crippen molar-refractivity contribution in [3.63, 3.8) is 0 Å². The van der Waals surface area contributed by atoms with Crippen LogP contribution in [0.4, 0.5) is 0 Å². The van der Waals surface area contributed by atoms with E-state index in [0.29, 0.717) is 5.56 Å². The molecular weight excluding hydrogens is 300 g/mol. The lowest BCUT2D eigenvalue weighted by Crippen LogP contribution is -2.10. The lowest BCUT2D eigenvalue weighted by molar-refractivity contribution is -0.134. The van der Waals surface area contributed by atoms with Crippen molar-refractivity contribution in [2.24, 2.45) is 0 Å². The van der Waals surface area contributed by atoms with Gasteiger partial charge in [-0.25, -0.2) is 4.79 Å². The standard InChI is InChI=1S/C21H14O3/c1-24-19(22)11-9-13-8-10-15-16-6-2-4-14-5-3-7-17(20(14)16)21(23)18(15)12-13/h2-12H,1H3/b11-9+. The summed E-state index contributed by atoms with van der Waals surface area (Å²) in [6.45, 7) is 0. The summed E-state index contributed by atoms with van der Waals surface area (Å²) in [5.41, 5.74) is 4.18. The highest BCUT2D eigenvalue weighted by Crippen LogP contribution is 2.39. The quantitative estimate of drug-likeness (QED) is 0.410. The van der Waals surface area contributed by atoms with E-state index < -0.39 is 5.97 Å².